The molecule has 3 heterocycles. The van der Waals surface area contributed by atoms with Crippen LogP contribution in [-0.4, -0.2) is 93.6 Å². The molecule has 3 aliphatic heterocycles. The summed E-state index contributed by atoms with van der Waals surface area (Å²) in [6, 6.07) is 0. The zero-order valence-electron chi connectivity index (χ0n) is 25.7. The van der Waals surface area contributed by atoms with Gasteiger partial charge in [0.25, 0.3) is 5.79 Å². The molecule has 12 heteroatoms. The molecule has 7 rings (SSSR count). The van der Waals surface area contributed by atoms with Gasteiger partial charge in [0.2, 0.25) is 6.29 Å². The molecule has 12 nitrogen and oxygen atoms in total. The summed E-state index contributed by atoms with van der Waals surface area (Å²) in [5, 5.41) is 37.0. The highest BCUT2D eigenvalue weighted by atomic mass is 16.8. The van der Waals surface area contributed by atoms with Gasteiger partial charge < -0.3 is 43.7 Å². The van der Waals surface area contributed by atoms with E-state index in [0.717, 1.165) is 5.57 Å². The molecule has 0 aromatic rings. The van der Waals surface area contributed by atoms with Gasteiger partial charge in [-0.2, -0.15) is 0 Å². The lowest BCUT2D eigenvalue weighted by Crippen LogP contribution is -2.72. The van der Waals surface area contributed by atoms with Gasteiger partial charge in [-0.3, -0.25) is 9.59 Å². The second kappa shape index (κ2) is 10.2. The van der Waals surface area contributed by atoms with Crippen LogP contribution < -0.4 is 0 Å². The number of esters is 3. The average Bonchev–Trinajstić information content (AvgIpc) is 3.43. The van der Waals surface area contributed by atoms with Crippen molar-refractivity contribution >= 4 is 17.9 Å². The van der Waals surface area contributed by atoms with E-state index in [2.05, 4.69) is 0 Å². The molecule has 7 aliphatic rings. The predicted molar refractivity (Wildman–Crippen MR) is 148 cm³/mol. The molecule has 0 amide bonds. The van der Waals surface area contributed by atoms with Crippen LogP contribution in [0, 0.1) is 29.1 Å². The summed E-state index contributed by atoms with van der Waals surface area (Å²) in [5.41, 5.74) is -2.47. The first-order valence-corrected chi connectivity index (χ1v) is 16.1. The topological polar surface area (TPSA) is 167 Å². The predicted octanol–water partition coefficient (Wildman–Crippen LogP) is 1.66. The summed E-state index contributed by atoms with van der Waals surface area (Å²) in [6.07, 6.45) is 0.854. The highest BCUT2D eigenvalue weighted by molar-refractivity contribution is 5.85. The number of hydrogen-bond donors (Lipinski definition) is 3. The lowest BCUT2D eigenvalue weighted by atomic mass is 9.46. The van der Waals surface area contributed by atoms with Crippen LogP contribution in [0.15, 0.2) is 11.6 Å². The van der Waals surface area contributed by atoms with Crippen molar-refractivity contribution in [2.75, 3.05) is 6.61 Å². The smallest absolute Gasteiger partial charge is 0.331 e. The number of aliphatic hydroxyl groups is 3. The summed E-state index contributed by atoms with van der Waals surface area (Å²) >= 11 is 0. The number of carbonyl (C=O) groups excluding carboxylic acids is 3. The molecule has 14 unspecified atom stereocenters. The van der Waals surface area contributed by atoms with Crippen LogP contribution in [0.4, 0.5) is 0 Å². The Hall–Kier alpha value is -2.09. The molecule has 244 valence electrons. The highest BCUT2D eigenvalue weighted by Gasteiger charge is 2.73. The van der Waals surface area contributed by atoms with E-state index in [1.165, 1.54) is 19.9 Å². The van der Waals surface area contributed by atoms with Crippen molar-refractivity contribution in [3.05, 3.63) is 11.6 Å². The van der Waals surface area contributed by atoms with Crippen LogP contribution in [0.25, 0.3) is 0 Å². The lowest BCUT2D eigenvalue weighted by molar-refractivity contribution is -0.459. The fourth-order valence-corrected chi connectivity index (χ4v) is 10.6. The number of hydrogen-bond acceptors (Lipinski definition) is 12. The van der Waals surface area contributed by atoms with Gasteiger partial charge in [0, 0.05) is 50.5 Å². The molecule has 14 atom stereocenters. The minimum absolute atomic E-state index is 0.105. The van der Waals surface area contributed by atoms with Gasteiger partial charge in [0.05, 0.1) is 29.5 Å². The largest absolute Gasteiger partial charge is 0.462 e. The maximum Gasteiger partial charge on any atom is 0.331 e. The lowest BCUT2D eigenvalue weighted by Gasteiger charge is -2.64. The summed E-state index contributed by atoms with van der Waals surface area (Å²) in [6.45, 7) is 6.56. The normalized spacial score (nSPS) is 52.7. The Bertz CT molecular complexity index is 1270. The van der Waals surface area contributed by atoms with Crippen molar-refractivity contribution in [2.24, 2.45) is 29.1 Å². The summed E-state index contributed by atoms with van der Waals surface area (Å²) in [7, 11) is 0. The Morgan fingerprint density at radius 3 is 2.39 bits per heavy atom. The monoisotopic (exact) mass is 620 g/mol. The van der Waals surface area contributed by atoms with Crippen LogP contribution in [0.3, 0.4) is 0 Å². The standard InChI is InChI=1S/C32H44O12/c1-15-9-25(42-17(3)34)32(38)28(40-15)43-22-11-19-5-6-21-20(30(19,36)12-23(22)44-32)7-8-29(4)27(18-10-26(35)39-14-18)24(41-16(2)33)13-31(21,29)37/h10,15,19-25,27-28,36-38H,5-9,11-14H2,1-4H3. The van der Waals surface area contributed by atoms with Crippen molar-refractivity contribution in [3.63, 3.8) is 0 Å². The Kier molecular flexibility index (Phi) is 7.09. The number of rotatable bonds is 3. The second-order valence-electron chi connectivity index (χ2n) is 14.7. The van der Waals surface area contributed by atoms with Crippen LogP contribution in [0.5, 0.6) is 0 Å². The molecular formula is C32H44O12. The van der Waals surface area contributed by atoms with Crippen molar-refractivity contribution in [1.82, 2.24) is 0 Å². The third kappa shape index (κ3) is 4.35. The number of carbonyl (C=O) groups is 3. The molecular weight excluding hydrogens is 576 g/mol. The van der Waals surface area contributed by atoms with Crippen molar-refractivity contribution in [2.45, 2.75) is 133 Å². The summed E-state index contributed by atoms with van der Waals surface area (Å²) < 4.78 is 35.0. The van der Waals surface area contributed by atoms with Gasteiger partial charge in [0.15, 0.2) is 6.10 Å². The molecule has 0 aromatic carbocycles. The van der Waals surface area contributed by atoms with Crippen molar-refractivity contribution in [1.29, 1.82) is 0 Å². The molecule has 4 aliphatic carbocycles. The highest BCUT2D eigenvalue weighted by Crippen LogP contribution is 2.69. The Labute approximate surface area is 256 Å². The fourth-order valence-electron chi connectivity index (χ4n) is 10.6. The minimum atomic E-state index is -2.02. The zero-order valence-corrected chi connectivity index (χ0v) is 25.7. The van der Waals surface area contributed by atoms with Gasteiger partial charge in [0.1, 0.15) is 12.7 Å². The Morgan fingerprint density at radius 1 is 0.955 bits per heavy atom. The second-order valence-corrected chi connectivity index (χ2v) is 14.7. The molecule has 6 fully saturated rings. The fraction of sp³-hybridized carbons (Fsp3) is 0.844. The van der Waals surface area contributed by atoms with Gasteiger partial charge in [-0.15, -0.1) is 0 Å². The van der Waals surface area contributed by atoms with Gasteiger partial charge in [-0.25, -0.2) is 4.79 Å². The number of fused-ring (bicyclic) bond motifs is 7. The molecule has 4 saturated carbocycles. The molecule has 0 spiro atoms. The van der Waals surface area contributed by atoms with Crippen molar-refractivity contribution in [3.8, 4) is 0 Å². The van der Waals surface area contributed by atoms with E-state index in [-0.39, 0.29) is 55.6 Å². The molecule has 0 aromatic heterocycles. The Balaban J connectivity index is 1.18. The molecule has 44 heavy (non-hydrogen) atoms. The number of cyclic esters (lactones) is 1. The zero-order chi connectivity index (χ0) is 31.4. The Morgan fingerprint density at radius 2 is 1.70 bits per heavy atom. The molecule has 0 radical (unpaired) electrons. The van der Waals surface area contributed by atoms with E-state index in [0.29, 0.717) is 32.1 Å². The molecule has 2 saturated heterocycles. The third-order valence-corrected chi connectivity index (χ3v) is 12.3. The van der Waals surface area contributed by atoms with Gasteiger partial charge in [-0.05, 0) is 62.4 Å². The first-order valence-electron chi connectivity index (χ1n) is 16.1. The molecule has 0 bridgehead atoms. The van der Waals surface area contributed by atoms with Crippen LogP contribution in [-0.2, 0) is 42.8 Å². The van der Waals surface area contributed by atoms with Gasteiger partial charge >= 0.3 is 17.9 Å². The van der Waals surface area contributed by atoms with E-state index in [1.807, 2.05) is 13.8 Å². The third-order valence-electron chi connectivity index (χ3n) is 12.3. The maximum atomic E-state index is 12.7. The van der Waals surface area contributed by atoms with E-state index >= 15 is 0 Å². The number of ether oxygens (including phenoxy) is 6. The quantitative estimate of drug-likeness (QED) is 0.238. The van der Waals surface area contributed by atoms with Crippen LogP contribution >= 0.6 is 0 Å². The van der Waals surface area contributed by atoms with E-state index < -0.39 is 71.0 Å². The first kappa shape index (κ1) is 30.6. The summed E-state index contributed by atoms with van der Waals surface area (Å²) in [5.74, 6) is -4.55. The average molecular weight is 621 g/mol. The van der Waals surface area contributed by atoms with E-state index in [9.17, 15) is 29.7 Å². The SMILES string of the molecule is CC(=O)OC1CC2(O)C3CCC4CC5OC6OC(C)CC(OC(C)=O)C6(O)OC5CC4(O)C3CCC2(C)C1C1=CC(=O)OC1. The minimum Gasteiger partial charge on any atom is -0.462 e. The summed E-state index contributed by atoms with van der Waals surface area (Å²) in [4.78, 5) is 36.1. The first-order chi connectivity index (χ1) is 20.7. The van der Waals surface area contributed by atoms with E-state index in [1.54, 1.807) is 0 Å². The van der Waals surface area contributed by atoms with E-state index in [4.69, 9.17) is 28.4 Å². The van der Waals surface area contributed by atoms with Crippen LogP contribution in [0.1, 0.15) is 79.1 Å². The van der Waals surface area contributed by atoms with Crippen molar-refractivity contribution < 1.29 is 58.1 Å². The van der Waals surface area contributed by atoms with Crippen LogP contribution in [0.2, 0.25) is 0 Å². The maximum absolute atomic E-state index is 12.7. The molecule has 3 N–H and O–H groups in total. The van der Waals surface area contributed by atoms with Gasteiger partial charge in [-0.1, -0.05) is 6.92 Å².